The monoisotopic (exact) mass is 484 g/mol. The molecule has 0 radical (unpaired) electrons. The van der Waals surface area contributed by atoms with Crippen molar-refractivity contribution in [2.24, 2.45) is 5.73 Å². The lowest BCUT2D eigenvalue weighted by atomic mass is 9.68. The van der Waals surface area contributed by atoms with Gasteiger partial charge in [-0.15, -0.1) is 0 Å². The van der Waals surface area contributed by atoms with Gasteiger partial charge in [0.2, 0.25) is 11.8 Å². The Hall–Kier alpha value is -4.70. The van der Waals surface area contributed by atoms with E-state index in [1.54, 1.807) is 0 Å². The SMILES string of the molecule is NC(=O)[C@@H](Cc1ccc2ccccc2c1)NC(=O)C(c1ccccc1)(c1ccccc1)c1ccccc1. The van der Waals surface area contributed by atoms with Gasteiger partial charge in [0.25, 0.3) is 0 Å². The van der Waals surface area contributed by atoms with Gasteiger partial charge < -0.3 is 11.1 Å². The van der Waals surface area contributed by atoms with Crippen molar-refractivity contribution >= 4 is 22.6 Å². The standard InChI is InChI=1S/C33H28N2O2/c34-31(36)30(23-24-20-21-25-12-10-11-13-26(25)22-24)35-32(37)33(27-14-4-1-5-15-27,28-16-6-2-7-17-28)29-18-8-3-9-19-29/h1-22,30H,23H2,(H2,34,36)(H,35,37)/t30-/m1/s1. The number of amides is 2. The van der Waals surface area contributed by atoms with Gasteiger partial charge >= 0.3 is 0 Å². The van der Waals surface area contributed by atoms with Crippen molar-refractivity contribution in [3.8, 4) is 0 Å². The Balaban J connectivity index is 1.59. The minimum Gasteiger partial charge on any atom is -0.368 e. The number of carbonyl (C=O) groups is 2. The van der Waals surface area contributed by atoms with E-state index in [2.05, 4.69) is 5.32 Å². The molecular formula is C33H28N2O2. The molecule has 0 heterocycles. The van der Waals surface area contributed by atoms with E-state index in [-0.39, 0.29) is 5.91 Å². The van der Waals surface area contributed by atoms with Gasteiger partial charge in [-0.25, -0.2) is 0 Å². The zero-order chi connectivity index (χ0) is 25.7. The topological polar surface area (TPSA) is 72.2 Å². The highest BCUT2D eigenvalue weighted by Crippen LogP contribution is 2.39. The molecule has 2 amide bonds. The zero-order valence-corrected chi connectivity index (χ0v) is 20.4. The molecule has 5 aromatic rings. The molecule has 0 aliphatic rings. The quantitative estimate of drug-likeness (QED) is 0.290. The fraction of sp³-hybridized carbons (Fsp3) is 0.0909. The van der Waals surface area contributed by atoms with E-state index in [9.17, 15) is 9.59 Å². The number of hydrogen-bond acceptors (Lipinski definition) is 2. The summed E-state index contributed by atoms with van der Waals surface area (Å²) in [5, 5.41) is 5.22. The Morgan fingerprint density at radius 3 is 1.57 bits per heavy atom. The van der Waals surface area contributed by atoms with Gasteiger partial charge in [0, 0.05) is 6.42 Å². The lowest BCUT2D eigenvalue weighted by Gasteiger charge is -2.35. The van der Waals surface area contributed by atoms with E-state index in [1.165, 1.54) is 0 Å². The van der Waals surface area contributed by atoms with Crippen LogP contribution in [0, 0.1) is 0 Å². The molecule has 4 heteroatoms. The highest BCUT2D eigenvalue weighted by molar-refractivity contribution is 5.98. The zero-order valence-electron chi connectivity index (χ0n) is 20.4. The van der Waals surface area contributed by atoms with Crippen LogP contribution in [0.4, 0.5) is 0 Å². The summed E-state index contributed by atoms with van der Waals surface area (Å²) in [5.74, 6) is -0.884. The van der Waals surface area contributed by atoms with Crippen molar-refractivity contribution in [2.45, 2.75) is 17.9 Å². The summed E-state index contributed by atoms with van der Waals surface area (Å²) in [6.45, 7) is 0. The molecule has 0 aliphatic heterocycles. The van der Waals surface area contributed by atoms with Crippen LogP contribution in [0.5, 0.6) is 0 Å². The molecule has 0 bridgehead atoms. The van der Waals surface area contributed by atoms with Gasteiger partial charge in [-0.1, -0.05) is 133 Å². The van der Waals surface area contributed by atoms with E-state index in [0.717, 1.165) is 33.0 Å². The molecule has 3 N–H and O–H groups in total. The third kappa shape index (κ3) is 4.74. The van der Waals surface area contributed by atoms with Crippen LogP contribution in [0.3, 0.4) is 0 Å². The van der Waals surface area contributed by atoms with Gasteiger partial charge in [0.05, 0.1) is 0 Å². The molecule has 0 saturated carbocycles. The average molecular weight is 485 g/mol. The van der Waals surface area contributed by atoms with E-state index < -0.39 is 17.4 Å². The van der Waals surface area contributed by atoms with Gasteiger partial charge in [-0.05, 0) is 33.0 Å². The minimum absolute atomic E-state index is 0.292. The van der Waals surface area contributed by atoms with Gasteiger partial charge in [0.15, 0.2) is 0 Å². The molecule has 5 rings (SSSR count). The van der Waals surface area contributed by atoms with Crippen molar-refractivity contribution in [1.82, 2.24) is 5.32 Å². The summed E-state index contributed by atoms with van der Waals surface area (Å²) in [7, 11) is 0. The second kappa shape index (κ2) is 10.5. The molecule has 1 atom stereocenters. The summed E-state index contributed by atoms with van der Waals surface area (Å²) < 4.78 is 0. The molecule has 0 unspecified atom stereocenters. The summed E-state index contributed by atoms with van der Waals surface area (Å²) >= 11 is 0. The van der Waals surface area contributed by atoms with Crippen LogP contribution in [0.1, 0.15) is 22.3 Å². The lowest BCUT2D eigenvalue weighted by Crippen LogP contribution is -2.54. The maximum Gasteiger partial charge on any atom is 0.240 e. The number of benzene rings is 5. The normalized spacial score (nSPS) is 12.1. The Morgan fingerprint density at radius 2 is 1.08 bits per heavy atom. The first-order chi connectivity index (χ1) is 18.1. The summed E-state index contributed by atoms with van der Waals surface area (Å²) in [5.41, 5.74) is 8.01. The molecule has 5 aromatic carbocycles. The van der Waals surface area contributed by atoms with Gasteiger partial charge in [-0.3, -0.25) is 9.59 Å². The largest absolute Gasteiger partial charge is 0.368 e. The maximum atomic E-state index is 14.5. The first-order valence-corrected chi connectivity index (χ1v) is 12.3. The fourth-order valence-corrected chi connectivity index (χ4v) is 5.05. The van der Waals surface area contributed by atoms with Crippen molar-refractivity contribution in [3.63, 3.8) is 0 Å². The second-order valence-electron chi connectivity index (χ2n) is 9.16. The number of nitrogens with two attached hydrogens (primary N) is 1. The third-order valence-corrected chi connectivity index (χ3v) is 6.86. The summed E-state index contributed by atoms with van der Waals surface area (Å²) in [6.07, 6.45) is 0.292. The highest BCUT2D eigenvalue weighted by Gasteiger charge is 2.44. The van der Waals surface area contributed by atoms with E-state index >= 15 is 0 Å². The number of fused-ring (bicyclic) bond motifs is 1. The van der Waals surface area contributed by atoms with Crippen LogP contribution in [-0.4, -0.2) is 17.9 Å². The summed E-state index contributed by atoms with van der Waals surface area (Å²) in [4.78, 5) is 27.1. The number of carbonyl (C=O) groups excluding carboxylic acids is 2. The first-order valence-electron chi connectivity index (χ1n) is 12.3. The maximum absolute atomic E-state index is 14.5. The van der Waals surface area contributed by atoms with E-state index in [1.807, 2.05) is 133 Å². The molecule has 0 aromatic heterocycles. The predicted molar refractivity (Wildman–Crippen MR) is 148 cm³/mol. The van der Waals surface area contributed by atoms with Crippen LogP contribution in [-0.2, 0) is 21.4 Å². The van der Waals surface area contributed by atoms with Crippen LogP contribution < -0.4 is 11.1 Å². The van der Waals surface area contributed by atoms with Crippen LogP contribution >= 0.6 is 0 Å². The predicted octanol–water partition coefficient (Wildman–Crippen LogP) is 5.39. The molecule has 0 saturated heterocycles. The lowest BCUT2D eigenvalue weighted by molar-refractivity contribution is -0.129. The van der Waals surface area contributed by atoms with Crippen LogP contribution in [0.25, 0.3) is 10.8 Å². The molecule has 182 valence electrons. The van der Waals surface area contributed by atoms with Crippen molar-refractivity contribution < 1.29 is 9.59 Å². The second-order valence-corrected chi connectivity index (χ2v) is 9.16. The molecular weight excluding hydrogens is 456 g/mol. The number of hydrogen-bond donors (Lipinski definition) is 2. The Kier molecular flexibility index (Phi) is 6.82. The number of rotatable bonds is 8. The van der Waals surface area contributed by atoms with E-state index in [4.69, 9.17) is 5.73 Å². The highest BCUT2D eigenvalue weighted by atomic mass is 16.2. The molecule has 0 aliphatic carbocycles. The molecule has 0 fully saturated rings. The van der Waals surface area contributed by atoms with Gasteiger partial charge in [0.1, 0.15) is 11.5 Å². The number of primary amides is 1. The van der Waals surface area contributed by atoms with Crippen LogP contribution in [0.2, 0.25) is 0 Å². The summed E-state index contributed by atoms with van der Waals surface area (Å²) in [6, 6.07) is 42.2. The minimum atomic E-state index is -1.18. The Bertz CT molecular complexity index is 1420. The smallest absolute Gasteiger partial charge is 0.240 e. The Labute approximate surface area is 216 Å². The van der Waals surface area contributed by atoms with Crippen molar-refractivity contribution in [1.29, 1.82) is 0 Å². The third-order valence-electron chi connectivity index (χ3n) is 6.86. The average Bonchev–Trinajstić information content (AvgIpc) is 2.95. The van der Waals surface area contributed by atoms with Gasteiger partial charge in [-0.2, -0.15) is 0 Å². The molecule has 0 spiro atoms. The molecule has 37 heavy (non-hydrogen) atoms. The van der Waals surface area contributed by atoms with E-state index in [0.29, 0.717) is 6.42 Å². The first kappa shape index (κ1) is 24.0. The van der Waals surface area contributed by atoms with Crippen molar-refractivity contribution in [3.05, 3.63) is 156 Å². The fourth-order valence-electron chi connectivity index (χ4n) is 5.05. The van der Waals surface area contributed by atoms with Crippen LogP contribution in [0.15, 0.2) is 133 Å². The Morgan fingerprint density at radius 1 is 0.622 bits per heavy atom. The number of nitrogens with one attached hydrogen (secondary N) is 1. The van der Waals surface area contributed by atoms with Crippen molar-refractivity contribution in [2.75, 3.05) is 0 Å². The molecule has 4 nitrogen and oxygen atoms in total.